The van der Waals surface area contributed by atoms with Crippen LogP contribution in [0.5, 0.6) is 5.75 Å². The van der Waals surface area contributed by atoms with Crippen LogP contribution in [0.25, 0.3) is 10.9 Å². The summed E-state index contributed by atoms with van der Waals surface area (Å²) in [6.07, 6.45) is 0. The van der Waals surface area contributed by atoms with Gasteiger partial charge < -0.3 is 14.6 Å². The van der Waals surface area contributed by atoms with Crippen molar-refractivity contribution in [1.29, 1.82) is 0 Å². The van der Waals surface area contributed by atoms with Gasteiger partial charge in [0.15, 0.2) is 0 Å². The Labute approximate surface area is 142 Å². The number of H-pyrrole nitrogens is 1. The van der Waals surface area contributed by atoms with Gasteiger partial charge in [0.25, 0.3) is 5.56 Å². The molecule has 2 aromatic rings. The summed E-state index contributed by atoms with van der Waals surface area (Å²) in [5, 5.41) is 0.884. The second-order valence-electron chi connectivity index (χ2n) is 7.33. The minimum atomic E-state index is -0.364. The number of aromatic amines is 1. The number of pyridine rings is 1. The zero-order valence-electron chi connectivity index (χ0n) is 15.3. The Morgan fingerprint density at radius 1 is 1.25 bits per heavy atom. The van der Waals surface area contributed by atoms with Crippen molar-refractivity contribution in [3.05, 3.63) is 40.2 Å². The molecule has 1 N–H and O–H groups in total. The molecule has 0 saturated heterocycles. The maximum absolute atomic E-state index is 12.6. The molecule has 0 aliphatic carbocycles. The topological polar surface area (TPSA) is 62.4 Å². The van der Waals surface area contributed by atoms with E-state index in [0.29, 0.717) is 5.56 Å². The fraction of sp³-hybridized carbons (Fsp3) is 0.474. The molecular weight excluding hydrogens is 304 g/mol. The number of nitrogens with one attached hydrogen (secondary N) is 1. The maximum atomic E-state index is 12.6. The van der Waals surface area contributed by atoms with Gasteiger partial charge in [-0.1, -0.05) is 13.8 Å². The van der Waals surface area contributed by atoms with E-state index < -0.39 is 0 Å². The summed E-state index contributed by atoms with van der Waals surface area (Å²) in [6, 6.07) is 7.34. The lowest BCUT2D eigenvalue weighted by molar-refractivity contribution is -0.140. The molecule has 0 atom stereocenters. The Hall–Kier alpha value is -2.30. The molecule has 2 rings (SSSR count). The van der Waals surface area contributed by atoms with Crippen LogP contribution in [0.15, 0.2) is 29.1 Å². The van der Waals surface area contributed by atoms with E-state index >= 15 is 0 Å². The van der Waals surface area contributed by atoms with Crippen LogP contribution >= 0.6 is 0 Å². The highest BCUT2D eigenvalue weighted by atomic mass is 16.5. The molecule has 0 aliphatic heterocycles. The van der Waals surface area contributed by atoms with Crippen LogP contribution < -0.4 is 10.3 Å². The second-order valence-corrected chi connectivity index (χ2v) is 7.33. The SMILES string of the molecule is COc1ccc2[nH]c(=O)c(CN(C(=O)C(C)C)C(C)(C)C)cc2c1. The highest BCUT2D eigenvalue weighted by Gasteiger charge is 2.28. The third-order valence-corrected chi connectivity index (χ3v) is 4.03. The number of hydrogen-bond acceptors (Lipinski definition) is 3. The van der Waals surface area contributed by atoms with Crippen LogP contribution in [0.3, 0.4) is 0 Å². The fourth-order valence-corrected chi connectivity index (χ4v) is 2.60. The third kappa shape index (κ3) is 3.78. The molecule has 5 heteroatoms. The van der Waals surface area contributed by atoms with Gasteiger partial charge in [0.2, 0.25) is 5.91 Å². The first-order chi connectivity index (χ1) is 11.1. The first kappa shape index (κ1) is 18.0. The number of hydrogen-bond donors (Lipinski definition) is 1. The van der Waals surface area contributed by atoms with E-state index in [2.05, 4.69) is 4.98 Å². The lowest BCUT2D eigenvalue weighted by Gasteiger charge is -2.37. The number of fused-ring (bicyclic) bond motifs is 1. The summed E-state index contributed by atoms with van der Waals surface area (Å²) in [7, 11) is 1.61. The number of carbonyl (C=O) groups is 1. The Morgan fingerprint density at radius 2 is 1.92 bits per heavy atom. The summed E-state index contributed by atoms with van der Waals surface area (Å²) in [4.78, 5) is 29.6. The molecule has 0 unspecified atom stereocenters. The fourth-order valence-electron chi connectivity index (χ4n) is 2.60. The Kier molecular flexibility index (Phi) is 5.02. The summed E-state index contributed by atoms with van der Waals surface area (Å²) in [6.45, 7) is 9.96. The number of benzene rings is 1. The normalized spacial score (nSPS) is 11.8. The van der Waals surface area contributed by atoms with Gasteiger partial charge in [-0.15, -0.1) is 0 Å². The van der Waals surface area contributed by atoms with Crippen molar-refractivity contribution in [1.82, 2.24) is 9.88 Å². The maximum Gasteiger partial charge on any atom is 0.253 e. The molecule has 5 nitrogen and oxygen atoms in total. The van der Waals surface area contributed by atoms with Gasteiger partial charge in [0.1, 0.15) is 5.75 Å². The Bertz CT molecular complexity index is 800. The molecule has 0 radical (unpaired) electrons. The van der Waals surface area contributed by atoms with E-state index in [-0.39, 0.29) is 29.5 Å². The van der Waals surface area contributed by atoms with Crippen LogP contribution in [-0.2, 0) is 11.3 Å². The number of carbonyl (C=O) groups excluding carboxylic acids is 1. The van der Waals surface area contributed by atoms with Crippen molar-refractivity contribution in [3.8, 4) is 5.75 Å². The summed E-state index contributed by atoms with van der Waals surface area (Å²) in [5.41, 5.74) is 0.789. The van der Waals surface area contributed by atoms with Crippen LogP contribution in [0.2, 0.25) is 0 Å². The van der Waals surface area contributed by atoms with Crippen LogP contribution in [0.4, 0.5) is 0 Å². The zero-order chi connectivity index (χ0) is 18.1. The van der Waals surface area contributed by atoms with Crippen molar-refractivity contribution in [2.75, 3.05) is 7.11 Å². The van der Waals surface area contributed by atoms with Crippen LogP contribution in [0, 0.1) is 5.92 Å². The molecular formula is C19H26N2O3. The van der Waals surface area contributed by atoms with Gasteiger partial charge >= 0.3 is 0 Å². The van der Waals surface area contributed by atoms with Crippen molar-refractivity contribution in [3.63, 3.8) is 0 Å². The Balaban J connectivity index is 2.48. The summed E-state index contributed by atoms with van der Waals surface area (Å²) in [5.74, 6) is 0.642. The quantitative estimate of drug-likeness (QED) is 0.935. The van der Waals surface area contributed by atoms with E-state index in [4.69, 9.17) is 4.74 Å². The molecule has 1 aromatic carbocycles. The number of ether oxygens (including phenoxy) is 1. The number of amides is 1. The van der Waals surface area contributed by atoms with Crippen molar-refractivity contribution < 1.29 is 9.53 Å². The molecule has 1 amide bonds. The number of methoxy groups -OCH3 is 1. The molecule has 0 saturated carbocycles. The van der Waals surface area contributed by atoms with E-state index in [1.807, 2.05) is 58.9 Å². The average Bonchev–Trinajstić information content (AvgIpc) is 2.50. The van der Waals surface area contributed by atoms with Crippen LogP contribution in [0.1, 0.15) is 40.2 Å². The number of aromatic nitrogens is 1. The molecule has 1 heterocycles. The standard InChI is InChI=1S/C19H26N2O3/c1-12(2)18(23)21(19(3,4)5)11-14-9-13-10-15(24-6)7-8-16(13)20-17(14)22/h7-10,12H,11H2,1-6H3,(H,20,22). The molecule has 0 fully saturated rings. The van der Waals surface area contributed by atoms with Crippen molar-refractivity contribution in [2.45, 2.75) is 46.7 Å². The van der Waals surface area contributed by atoms with Gasteiger partial charge in [-0.05, 0) is 45.0 Å². The first-order valence-corrected chi connectivity index (χ1v) is 8.15. The molecule has 0 spiro atoms. The van der Waals surface area contributed by atoms with Gasteiger partial charge in [-0.3, -0.25) is 9.59 Å². The average molecular weight is 330 g/mol. The largest absolute Gasteiger partial charge is 0.497 e. The molecule has 0 bridgehead atoms. The van der Waals surface area contributed by atoms with E-state index in [1.54, 1.807) is 12.0 Å². The van der Waals surface area contributed by atoms with Gasteiger partial charge in [-0.25, -0.2) is 0 Å². The summed E-state index contributed by atoms with van der Waals surface area (Å²) < 4.78 is 5.24. The summed E-state index contributed by atoms with van der Waals surface area (Å²) >= 11 is 0. The second kappa shape index (κ2) is 6.67. The van der Waals surface area contributed by atoms with E-state index in [0.717, 1.165) is 16.7 Å². The predicted octanol–water partition coefficient (Wildman–Crippen LogP) is 3.32. The lowest BCUT2D eigenvalue weighted by atomic mass is 10.0. The van der Waals surface area contributed by atoms with E-state index in [1.165, 1.54) is 0 Å². The highest BCUT2D eigenvalue weighted by molar-refractivity contribution is 5.81. The molecule has 1 aromatic heterocycles. The van der Waals surface area contributed by atoms with Crippen LogP contribution in [-0.4, -0.2) is 28.4 Å². The third-order valence-electron chi connectivity index (χ3n) is 4.03. The minimum Gasteiger partial charge on any atom is -0.497 e. The zero-order valence-corrected chi connectivity index (χ0v) is 15.3. The molecule has 130 valence electrons. The van der Waals surface area contributed by atoms with Gasteiger partial charge in [-0.2, -0.15) is 0 Å². The minimum absolute atomic E-state index is 0.0349. The van der Waals surface area contributed by atoms with Gasteiger partial charge in [0, 0.05) is 27.9 Å². The lowest BCUT2D eigenvalue weighted by Crippen LogP contribution is -2.47. The Morgan fingerprint density at radius 3 is 2.46 bits per heavy atom. The molecule has 0 aliphatic rings. The van der Waals surface area contributed by atoms with Crippen molar-refractivity contribution >= 4 is 16.8 Å². The smallest absolute Gasteiger partial charge is 0.253 e. The van der Waals surface area contributed by atoms with E-state index in [9.17, 15) is 9.59 Å². The highest BCUT2D eigenvalue weighted by Crippen LogP contribution is 2.22. The number of rotatable bonds is 4. The number of nitrogens with zero attached hydrogens (tertiary/aromatic N) is 1. The predicted molar refractivity (Wildman–Crippen MR) is 96.3 cm³/mol. The van der Waals surface area contributed by atoms with Gasteiger partial charge in [0.05, 0.1) is 13.7 Å². The van der Waals surface area contributed by atoms with Crippen molar-refractivity contribution in [2.24, 2.45) is 5.92 Å². The monoisotopic (exact) mass is 330 g/mol. The molecule has 24 heavy (non-hydrogen) atoms. The first-order valence-electron chi connectivity index (χ1n) is 8.15.